The number of aliphatic hydroxyl groups excluding tert-OH is 1. The van der Waals surface area contributed by atoms with E-state index in [-0.39, 0.29) is 0 Å². The van der Waals surface area contributed by atoms with Crippen molar-refractivity contribution in [3.63, 3.8) is 0 Å². The molecule has 0 radical (unpaired) electrons. The van der Waals surface area contributed by atoms with E-state index in [1.54, 1.807) is 12.4 Å². The second kappa shape index (κ2) is 8.94. The minimum atomic E-state index is -0.511. The zero-order valence-corrected chi connectivity index (χ0v) is 14.9. The number of pyridine rings is 1. The van der Waals surface area contributed by atoms with E-state index in [0.29, 0.717) is 6.54 Å². The molecule has 2 N–H and O–H groups in total. The molecule has 0 aliphatic carbocycles. The van der Waals surface area contributed by atoms with E-state index in [1.807, 2.05) is 12.1 Å². The van der Waals surface area contributed by atoms with Gasteiger partial charge in [0, 0.05) is 57.3 Å². The third-order valence-electron chi connectivity index (χ3n) is 4.90. The summed E-state index contributed by atoms with van der Waals surface area (Å²) in [5, 5.41) is 13.7. The molecule has 1 fully saturated rings. The van der Waals surface area contributed by atoms with Gasteiger partial charge in [0.2, 0.25) is 0 Å². The number of benzene rings is 1. The minimum Gasteiger partial charge on any atom is -0.387 e. The number of para-hydroxylation sites is 1. The predicted molar refractivity (Wildman–Crippen MR) is 102 cm³/mol. The smallest absolute Gasteiger partial charge is 0.0915 e. The Balaban J connectivity index is 1.56. The maximum absolute atomic E-state index is 10.3. The molecule has 1 aromatic carbocycles. The van der Waals surface area contributed by atoms with E-state index in [0.717, 1.165) is 44.8 Å². The summed E-state index contributed by atoms with van der Waals surface area (Å²) in [5.41, 5.74) is 3.49. The maximum Gasteiger partial charge on any atom is 0.0915 e. The molecule has 2 heterocycles. The Bertz CT molecular complexity index is 641. The number of anilines is 1. The molecule has 134 valence electrons. The first-order valence-corrected chi connectivity index (χ1v) is 9.12. The number of nitrogens with one attached hydrogen (secondary N) is 1. The summed E-state index contributed by atoms with van der Waals surface area (Å²) < 4.78 is 0. The highest BCUT2D eigenvalue weighted by Gasteiger charge is 2.18. The molecule has 2 aromatic rings. The lowest BCUT2D eigenvalue weighted by molar-refractivity contribution is 0.174. The predicted octanol–water partition coefficient (Wildman–Crippen LogP) is 2.05. The van der Waals surface area contributed by atoms with E-state index < -0.39 is 6.10 Å². The first kappa shape index (κ1) is 17.9. The third-order valence-corrected chi connectivity index (χ3v) is 4.90. The average molecular weight is 340 g/mol. The van der Waals surface area contributed by atoms with Crippen LogP contribution in [0.2, 0.25) is 0 Å². The van der Waals surface area contributed by atoms with Crippen molar-refractivity contribution in [3.8, 4) is 0 Å². The van der Waals surface area contributed by atoms with Gasteiger partial charge >= 0.3 is 0 Å². The number of rotatable bonds is 7. The number of hydrogen-bond acceptors (Lipinski definition) is 5. The molecular weight excluding hydrogens is 312 g/mol. The van der Waals surface area contributed by atoms with Crippen LogP contribution >= 0.6 is 0 Å². The van der Waals surface area contributed by atoms with E-state index in [9.17, 15) is 5.11 Å². The number of piperazine rings is 1. The molecule has 0 saturated carbocycles. The number of likely N-dealkylation sites (N-methyl/N-ethyl adjacent to an activating group) is 1. The first-order valence-electron chi connectivity index (χ1n) is 9.12. The van der Waals surface area contributed by atoms with Crippen LogP contribution < -0.4 is 10.2 Å². The summed E-state index contributed by atoms with van der Waals surface area (Å²) in [4.78, 5) is 8.95. The van der Waals surface area contributed by atoms with E-state index in [4.69, 9.17) is 0 Å². The maximum atomic E-state index is 10.3. The Kier molecular flexibility index (Phi) is 6.39. The van der Waals surface area contributed by atoms with Crippen molar-refractivity contribution in [2.75, 3.05) is 44.2 Å². The van der Waals surface area contributed by atoms with E-state index in [1.165, 1.54) is 11.3 Å². The Hall–Kier alpha value is -1.95. The van der Waals surface area contributed by atoms with Gasteiger partial charge in [-0.05, 0) is 35.9 Å². The third kappa shape index (κ3) is 4.78. The van der Waals surface area contributed by atoms with Gasteiger partial charge in [-0.15, -0.1) is 0 Å². The van der Waals surface area contributed by atoms with Gasteiger partial charge in [0.1, 0.15) is 0 Å². The molecule has 1 aromatic heterocycles. The molecule has 1 aliphatic heterocycles. The molecular formula is C20H28N4O. The Morgan fingerprint density at radius 3 is 2.52 bits per heavy atom. The molecule has 0 spiro atoms. The van der Waals surface area contributed by atoms with Gasteiger partial charge in [-0.3, -0.25) is 4.98 Å². The van der Waals surface area contributed by atoms with Crippen molar-refractivity contribution >= 4 is 5.69 Å². The van der Waals surface area contributed by atoms with Crippen LogP contribution in [0.5, 0.6) is 0 Å². The average Bonchev–Trinajstić information content (AvgIpc) is 2.69. The fourth-order valence-electron chi connectivity index (χ4n) is 3.32. The summed E-state index contributed by atoms with van der Waals surface area (Å²) >= 11 is 0. The zero-order valence-electron chi connectivity index (χ0n) is 14.9. The Labute approximate surface area is 150 Å². The van der Waals surface area contributed by atoms with Crippen LogP contribution in [0.15, 0.2) is 48.8 Å². The highest BCUT2D eigenvalue weighted by molar-refractivity contribution is 5.54. The normalized spacial score (nSPS) is 16.8. The van der Waals surface area contributed by atoms with Gasteiger partial charge in [0.15, 0.2) is 0 Å². The first-order chi connectivity index (χ1) is 12.3. The molecule has 1 saturated heterocycles. The summed E-state index contributed by atoms with van der Waals surface area (Å²) in [6, 6.07) is 12.3. The van der Waals surface area contributed by atoms with Gasteiger partial charge in [-0.25, -0.2) is 0 Å². The molecule has 1 aliphatic rings. The fraction of sp³-hybridized carbons (Fsp3) is 0.450. The van der Waals surface area contributed by atoms with Crippen LogP contribution in [-0.2, 0) is 6.54 Å². The second-order valence-electron chi connectivity index (χ2n) is 6.48. The van der Waals surface area contributed by atoms with E-state index >= 15 is 0 Å². The lowest BCUT2D eigenvalue weighted by Gasteiger charge is -2.36. The van der Waals surface area contributed by atoms with Crippen molar-refractivity contribution < 1.29 is 5.11 Å². The van der Waals surface area contributed by atoms with Gasteiger partial charge < -0.3 is 20.2 Å². The molecule has 25 heavy (non-hydrogen) atoms. The molecule has 1 unspecified atom stereocenters. The second-order valence-corrected chi connectivity index (χ2v) is 6.48. The monoisotopic (exact) mass is 340 g/mol. The Morgan fingerprint density at radius 2 is 1.80 bits per heavy atom. The van der Waals surface area contributed by atoms with Crippen molar-refractivity contribution in [2.24, 2.45) is 0 Å². The molecule has 3 rings (SSSR count). The van der Waals surface area contributed by atoms with Crippen LogP contribution in [0.25, 0.3) is 0 Å². The number of aliphatic hydroxyl groups is 1. The van der Waals surface area contributed by atoms with Gasteiger partial charge in [-0.2, -0.15) is 0 Å². The quantitative estimate of drug-likeness (QED) is 0.808. The van der Waals surface area contributed by atoms with Crippen molar-refractivity contribution in [1.82, 2.24) is 15.2 Å². The number of hydrogen-bond donors (Lipinski definition) is 2. The topological polar surface area (TPSA) is 51.6 Å². The number of nitrogens with zero attached hydrogens (tertiary/aromatic N) is 3. The van der Waals surface area contributed by atoms with Crippen LogP contribution in [0.4, 0.5) is 5.69 Å². The number of aromatic nitrogens is 1. The van der Waals surface area contributed by atoms with Crippen molar-refractivity contribution in [2.45, 2.75) is 19.6 Å². The van der Waals surface area contributed by atoms with Gasteiger partial charge in [-0.1, -0.05) is 25.1 Å². The molecule has 5 nitrogen and oxygen atoms in total. The fourth-order valence-corrected chi connectivity index (χ4v) is 3.32. The zero-order chi connectivity index (χ0) is 17.5. The molecule has 5 heteroatoms. The highest BCUT2D eigenvalue weighted by atomic mass is 16.3. The van der Waals surface area contributed by atoms with Gasteiger partial charge in [0.05, 0.1) is 6.10 Å². The largest absolute Gasteiger partial charge is 0.387 e. The standard InChI is InChI=1S/C20H28N4O/c1-2-23-11-13-24(14-12-23)19-6-4-3-5-18(19)15-22-16-20(25)17-7-9-21-10-8-17/h3-10,20,22,25H,2,11-16H2,1H3. The van der Waals surface area contributed by atoms with Crippen molar-refractivity contribution in [1.29, 1.82) is 0 Å². The molecule has 0 bridgehead atoms. The lowest BCUT2D eigenvalue weighted by atomic mass is 10.1. The summed E-state index contributed by atoms with van der Waals surface area (Å²) in [6.45, 7) is 9.03. The minimum absolute atomic E-state index is 0.511. The van der Waals surface area contributed by atoms with Crippen LogP contribution in [0.3, 0.4) is 0 Å². The molecule has 1 atom stereocenters. The summed E-state index contributed by atoms with van der Waals surface area (Å²) in [7, 11) is 0. The summed E-state index contributed by atoms with van der Waals surface area (Å²) in [5.74, 6) is 0. The Morgan fingerprint density at radius 1 is 1.08 bits per heavy atom. The van der Waals surface area contributed by atoms with Crippen LogP contribution in [0.1, 0.15) is 24.2 Å². The molecule has 0 amide bonds. The van der Waals surface area contributed by atoms with Crippen molar-refractivity contribution in [3.05, 3.63) is 59.9 Å². The van der Waals surface area contributed by atoms with E-state index in [2.05, 4.69) is 51.3 Å². The van der Waals surface area contributed by atoms with Crippen LogP contribution in [-0.4, -0.2) is 54.3 Å². The summed E-state index contributed by atoms with van der Waals surface area (Å²) in [6.07, 6.45) is 2.91. The van der Waals surface area contributed by atoms with Crippen LogP contribution in [0, 0.1) is 0 Å². The highest BCUT2D eigenvalue weighted by Crippen LogP contribution is 2.22. The lowest BCUT2D eigenvalue weighted by Crippen LogP contribution is -2.46. The van der Waals surface area contributed by atoms with Gasteiger partial charge in [0.25, 0.3) is 0 Å². The SMILES string of the molecule is CCN1CCN(c2ccccc2CNCC(O)c2ccncc2)CC1.